The molecule has 2 aromatic rings. The molecule has 20 heavy (non-hydrogen) atoms. The van der Waals surface area contributed by atoms with Crippen molar-refractivity contribution in [3.05, 3.63) is 45.7 Å². The van der Waals surface area contributed by atoms with Crippen LogP contribution in [0.4, 0.5) is 13.2 Å². The van der Waals surface area contributed by atoms with Gasteiger partial charge in [-0.05, 0) is 12.1 Å². The van der Waals surface area contributed by atoms with Crippen molar-refractivity contribution in [2.24, 2.45) is 0 Å². The number of pyridine rings is 1. The normalized spacial score (nSPS) is 11.6. The van der Waals surface area contributed by atoms with E-state index >= 15 is 0 Å². The Kier molecular flexibility index (Phi) is 3.78. The van der Waals surface area contributed by atoms with Crippen molar-refractivity contribution in [1.82, 2.24) is 4.98 Å². The lowest BCUT2D eigenvalue weighted by molar-refractivity contribution is -0.136. The van der Waals surface area contributed by atoms with Crippen molar-refractivity contribution in [2.45, 2.75) is 12.6 Å². The fourth-order valence-corrected chi connectivity index (χ4v) is 1.95. The van der Waals surface area contributed by atoms with Gasteiger partial charge in [0, 0.05) is 23.7 Å². The van der Waals surface area contributed by atoms with E-state index in [9.17, 15) is 22.8 Å². The van der Waals surface area contributed by atoms with Crippen LogP contribution in [0.3, 0.4) is 0 Å². The predicted octanol–water partition coefficient (Wildman–Crippen LogP) is 2.26. The highest BCUT2D eigenvalue weighted by Gasteiger charge is 2.33. The first-order valence-corrected chi connectivity index (χ1v) is 5.71. The standard InChI is InChI=1S/C13H10F3NO3/c14-13(15,16)9-2-1-3-10-11(9)12(19)8(6-17-10)4-5-20-7-18/h1-3,6-7H,4-5H2,(H,17,19). The molecule has 0 saturated carbocycles. The van der Waals surface area contributed by atoms with E-state index in [1.165, 1.54) is 18.3 Å². The molecular formula is C13H10F3NO3. The molecule has 106 valence electrons. The van der Waals surface area contributed by atoms with Crippen LogP contribution in [0.5, 0.6) is 0 Å². The van der Waals surface area contributed by atoms with Crippen molar-refractivity contribution in [2.75, 3.05) is 6.61 Å². The second-order valence-electron chi connectivity index (χ2n) is 4.09. The molecule has 7 heteroatoms. The molecule has 0 amide bonds. The summed E-state index contributed by atoms with van der Waals surface area (Å²) in [4.78, 5) is 24.8. The molecule has 0 atom stereocenters. The quantitative estimate of drug-likeness (QED) is 0.692. The van der Waals surface area contributed by atoms with Crippen molar-refractivity contribution in [1.29, 1.82) is 0 Å². The third kappa shape index (κ3) is 2.66. The van der Waals surface area contributed by atoms with Gasteiger partial charge in [-0.1, -0.05) is 6.07 Å². The molecule has 1 N–H and O–H groups in total. The number of rotatable bonds is 4. The van der Waals surface area contributed by atoms with Crippen molar-refractivity contribution in [3.8, 4) is 0 Å². The molecular weight excluding hydrogens is 275 g/mol. The van der Waals surface area contributed by atoms with Gasteiger partial charge >= 0.3 is 6.18 Å². The maximum absolute atomic E-state index is 12.9. The molecule has 1 heterocycles. The number of carbonyl (C=O) groups excluding carboxylic acids is 1. The fraction of sp³-hybridized carbons (Fsp3) is 0.231. The fourth-order valence-electron chi connectivity index (χ4n) is 1.95. The van der Waals surface area contributed by atoms with E-state index in [2.05, 4.69) is 9.72 Å². The Morgan fingerprint density at radius 3 is 2.70 bits per heavy atom. The highest BCUT2D eigenvalue weighted by atomic mass is 19.4. The molecule has 0 spiro atoms. The first-order valence-electron chi connectivity index (χ1n) is 5.71. The Morgan fingerprint density at radius 2 is 2.05 bits per heavy atom. The number of aromatic amines is 1. The van der Waals surface area contributed by atoms with Crippen LogP contribution in [0, 0.1) is 0 Å². The summed E-state index contributed by atoms with van der Waals surface area (Å²) < 4.78 is 43.2. The number of nitrogens with one attached hydrogen (secondary N) is 1. The van der Waals surface area contributed by atoms with Gasteiger partial charge in [-0.25, -0.2) is 0 Å². The van der Waals surface area contributed by atoms with E-state index in [1.807, 2.05) is 0 Å². The van der Waals surface area contributed by atoms with Crippen LogP contribution in [0.25, 0.3) is 10.9 Å². The number of hydrogen-bond donors (Lipinski definition) is 1. The summed E-state index contributed by atoms with van der Waals surface area (Å²) in [5.74, 6) is 0. The monoisotopic (exact) mass is 285 g/mol. The summed E-state index contributed by atoms with van der Waals surface area (Å²) in [7, 11) is 0. The molecule has 4 nitrogen and oxygen atoms in total. The summed E-state index contributed by atoms with van der Waals surface area (Å²) in [5.41, 5.74) is -1.43. The number of H-pyrrole nitrogens is 1. The van der Waals surface area contributed by atoms with E-state index in [1.54, 1.807) is 0 Å². The van der Waals surface area contributed by atoms with Gasteiger partial charge in [-0.15, -0.1) is 0 Å². The molecule has 0 radical (unpaired) electrons. The van der Waals surface area contributed by atoms with Gasteiger partial charge < -0.3 is 9.72 Å². The van der Waals surface area contributed by atoms with E-state index in [4.69, 9.17) is 0 Å². The van der Waals surface area contributed by atoms with Crippen LogP contribution in [-0.2, 0) is 22.1 Å². The Balaban J connectivity index is 2.58. The zero-order valence-corrected chi connectivity index (χ0v) is 10.2. The lowest BCUT2D eigenvalue weighted by Crippen LogP contribution is -2.17. The molecule has 0 saturated heterocycles. The average molecular weight is 285 g/mol. The lowest BCUT2D eigenvalue weighted by atomic mass is 10.0. The van der Waals surface area contributed by atoms with Crippen molar-refractivity contribution >= 4 is 17.4 Å². The Morgan fingerprint density at radius 1 is 1.30 bits per heavy atom. The first-order chi connectivity index (χ1) is 9.45. The van der Waals surface area contributed by atoms with Crippen LogP contribution in [0.1, 0.15) is 11.1 Å². The number of halogens is 3. The maximum Gasteiger partial charge on any atom is 0.417 e. The van der Waals surface area contributed by atoms with Crippen LogP contribution < -0.4 is 5.43 Å². The van der Waals surface area contributed by atoms with Gasteiger partial charge in [0.05, 0.1) is 17.6 Å². The van der Waals surface area contributed by atoms with Gasteiger partial charge in [-0.3, -0.25) is 9.59 Å². The molecule has 2 rings (SSSR count). The van der Waals surface area contributed by atoms with Crippen molar-refractivity contribution in [3.63, 3.8) is 0 Å². The van der Waals surface area contributed by atoms with Crippen LogP contribution in [-0.4, -0.2) is 18.1 Å². The number of hydrogen-bond acceptors (Lipinski definition) is 3. The molecule has 0 fully saturated rings. The largest absolute Gasteiger partial charge is 0.468 e. The maximum atomic E-state index is 12.9. The first kappa shape index (κ1) is 14.1. The number of alkyl halides is 3. The second kappa shape index (κ2) is 5.36. The van der Waals surface area contributed by atoms with E-state index < -0.39 is 22.6 Å². The third-order valence-corrected chi connectivity index (χ3v) is 2.85. The highest BCUT2D eigenvalue weighted by Crippen LogP contribution is 2.32. The van der Waals surface area contributed by atoms with Gasteiger partial charge in [0.15, 0.2) is 5.43 Å². The van der Waals surface area contributed by atoms with Gasteiger partial charge in [0.1, 0.15) is 0 Å². The van der Waals surface area contributed by atoms with Crippen LogP contribution >= 0.6 is 0 Å². The number of aromatic nitrogens is 1. The molecule has 1 aromatic carbocycles. The molecule has 1 aromatic heterocycles. The predicted molar refractivity (Wildman–Crippen MR) is 65.3 cm³/mol. The zero-order chi connectivity index (χ0) is 14.8. The minimum absolute atomic E-state index is 0.0518. The van der Waals surface area contributed by atoms with E-state index in [-0.39, 0.29) is 30.6 Å². The van der Waals surface area contributed by atoms with Crippen LogP contribution in [0.2, 0.25) is 0 Å². The van der Waals surface area contributed by atoms with Crippen LogP contribution in [0.15, 0.2) is 29.2 Å². The molecule has 0 aliphatic carbocycles. The second-order valence-corrected chi connectivity index (χ2v) is 4.09. The van der Waals surface area contributed by atoms with Gasteiger partial charge in [0.25, 0.3) is 6.47 Å². The Bertz CT molecular complexity index is 691. The molecule has 0 aliphatic heterocycles. The molecule has 0 bridgehead atoms. The smallest absolute Gasteiger partial charge is 0.417 e. The molecule has 0 aliphatic rings. The minimum Gasteiger partial charge on any atom is -0.468 e. The lowest BCUT2D eigenvalue weighted by Gasteiger charge is -2.10. The third-order valence-electron chi connectivity index (χ3n) is 2.85. The number of benzene rings is 1. The highest BCUT2D eigenvalue weighted by molar-refractivity contribution is 5.83. The summed E-state index contributed by atoms with van der Waals surface area (Å²) in [6.07, 6.45) is -3.22. The molecule has 0 unspecified atom stereocenters. The summed E-state index contributed by atoms with van der Waals surface area (Å²) in [6, 6.07) is 3.50. The minimum atomic E-state index is -4.61. The number of fused-ring (bicyclic) bond motifs is 1. The summed E-state index contributed by atoms with van der Waals surface area (Å²) in [5, 5.41) is -0.399. The topological polar surface area (TPSA) is 59.2 Å². The average Bonchev–Trinajstić information content (AvgIpc) is 2.40. The van der Waals surface area contributed by atoms with Gasteiger partial charge in [0.2, 0.25) is 0 Å². The SMILES string of the molecule is O=COCCc1c[nH]c2cccc(C(F)(F)F)c2c1=O. The van der Waals surface area contributed by atoms with Gasteiger partial charge in [-0.2, -0.15) is 13.2 Å². The summed E-state index contributed by atoms with van der Waals surface area (Å²) >= 11 is 0. The van der Waals surface area contributed by atoms with Crippen molar-refractivity contribution < 1.29 is 22.7 Å². The summed E-state index contributed by atoms with van der Waals surface area (Å²) in [6.45, 7) is 0.155. The zero-order valence-electron chi connectivity index (χ0n) is 10.2. The van der Waals surface area contributed by atoms with E-state index in [0.717, 1.165) is 6.07 Å². The number of carbonyl (C=O) groups is 1. The van der Waals surface area contributed by atoms with E-state index in [0.29, 0.717) is 0 Å². The Hall–Kier alpha value is -2.31. The Labute approximate surface area is 111 Å². The number of ether oxygens (including phenoxy) is 1.